The van der Waals surface area contributed by atoms with E-state index >= 15 is 0 Å². The summed E-state index contributed by atoms with van der Waals surface area (Å²) < 4.78 is 26.3. The third kappa shape index (κ3) is 7.34. The Morgan fingerprint density at radius 3 is 2.55 bits per heavy atom. The highest BCUT2D eigenvalue weighted by molar-refractivity contribution is 7.89. The molecule has 0 heterocycles. The molecule has 0 saturated heterocycles. The molecule has 0 bridgehead atoms. The van der Waals surface area contributed by atoms with Gasteiger partial charge >= 0.3 is 0 Å². The number of nitrogens with one attached hydrogen (secondary N) is 1. The van der Waals surface area contributed by atoms with Crippen LogP contribution in [0.1, 0.15) is 54.4 Å². The summed E-state index contributed by atoms with van der Waals surface area (Å²) in [5.41, 5.74) is 11.5. The van der Waals surface area contributed by atoms with Crippen LogP contribution in [0, 0.1) is 0 Å². The van der Waals surface area contributed by atoms with Crippen LogP contribution in [0.3, 0.4) is 0 Å². The van der Waals surface area contributed by atoms with Crippen molar-refractivity contribution in [3.63, 3.8) is 0 Å². The minimum absolute atomic E-state index is 0. The maximum absolute atomic E-state index is 11.8. The van der Waals surface area contributed by atoms with Crippen LogP contribution in [0.4, 0.5) is 0 Å². The van der Waals surface area contributed by atoms with Gasteiger partial charge in [0.1, 0.15) is 0 Å². The minimum Gasteiger partial charge on any atom is -0.327 e. The largest absolute Gasteiger partial charge is 0.327 e. The van der Waals surface area contributed by atoms with Gasteiger partial charge in [0.15, 0.2) is 0 Å². The number of benzene rings is 2. The molecule has 172 valence electrons. The fraction of sp³-hybridized carbons (Fsp3) is 0.478. The first-order valence-electron chi connectivity index (χ1n) is 10.6. The van der Waals surface area contributed by atoms with Crippen molar-refractivity contribution >= 4 is 45.6 Å². The zero-order chi connectivity index (χ0) is 21.7. The van der Waals surface area contributed by atoms with Crippen molar-refractivity contribution in [2.45, 2.75) is 57.4 Å². The lowest BCUT2D eigenvalue weighted by Gasteiger charge is -2.32. The van der Waals surface area contributed by atoms with E-state index in [1.54, 1.807) is 0 Å². The average Bonchev–Trinajstić information content (AvgIpc) is 2.70. The smallest absolute Gasteiger partial charge is 0.211 e. The molecule has 4 nitrogen and oxygen atoms in total. The van der Waals surface area contributed by atoms with E-state index in [1.807, 2.05) is 25.1 Å². The number of sulfonamides is 1. The Bertz CT molecular complexity index is 983. The Morgan fingerprint density at radius 1 is 1.10 bits per heavy atom. The van der Waals surface area contributed by atoms with Crippen molar-refractivity contribution in [2.24, 2.45) is 5.73 Å². The zero-order valence-corrected chi connectivity index (χ0v) is 20.9. The first kappa shape index (κ1) is 26.4. The van der Waals surface area contributed by atoms with E-state index < -0.39 is 10.0 Å². The van der Waals surface area contributed by atoms with Gasteiger partial charge in [0, 0.05) is 18.5 Å². The molecule has 2 unspecified atom stereocenters. The maximum atomic E-state index is 11.8. The van der Waals surface area contributed by atoms with Crippen molar-refractivity contribution in [1.82, 2.24) is 4.72 Å². The lowest BCUT2D eigenvalue weighted by Crippen LogP contribution is -2.34. The molecule has 2 aromatic rings. The van der Waals surface area contributed by atoms with Crippen molar-refractivity contribution in [2.75, 3.05) is 12.3 Å². The van der Waals surface area contributed by atoms with Gasteiger partial charge in [0.05, 0.1) is 15.8 Å². The van der Waals surface area contributed by atoms with Gasteiger partial charge in [0.2, 0.25) is 10.0 Å². The third-order valence-electron chi connectivity index (χ3n) is 5.75. The molecule has 31 heavy (non-hydrogen) atoms. The van der Waals surface area contributed by atoms with Gasteiger partial charge in [-0.3, -0.25) is 0 Å². The molecule has 0 radical (unpaired) electrons. The molecule has 0 saturated carbocycles. The minimum atomic E-state index is -3.14. The first-order chi connectivity index (χ1) is 14.3. The number of hydrogen-bond acceptors (Lipinski definition) is 3. The number of fused-ring (bicyclic) bond motifs is 1. The monoisotopic (exact) mass is 504 g/mol. The van der Waals surface area contributed by atoms with Gasteiger partial charge in [-0.05, 0) is 72.9 Å². The van der Waals surface area contributed by atoms with Gasteiger partial charge in [-0.1, -0.05) is 54.4 Å². The highest BCUT2D eigenvalue weighted by Gasteiger charge is 2.27. The lowest BCUT2D eigenvalue weighted by molar-refractivity contribution is 0.467. The number of halogens is 3. The normalized spacial score (nSPS) is 18.3. The van der Waals surface area contributed by atoms with Crippen LogP contribution in [0.15, 0.2) is 36.4 Å². The predicted octanol–water partition coefficient (Wildman–Crippen LogP) is 5.28. The van der Waals surface area contributed by atoms with Crippen LogP contribution < -0.4 is 10.5 Å². The molecule has 0 aliphatic heterocycles. The Balaban J connectivity index is 0.00000341. The van der Waals surface area contributed by atoms with Crippen molar-refractivity contribution < 1.29 is 8.42 Å². The summed E-state index contributed by atoms with van der Waals surface area (Å²) in [5, 5.41) is 1.13. The van der Waals surface area contributed by atoms with Gasteiger partial charge in [-0.15, -0.1) is 12.4 Å². The summed E-state index contributed by atoms with van der Waals surface area (Å²) in [4.78, 5) is 0. The highest BCUT2D eigenvalue weighted by atomic mass is 35.5. The van der Waals surface area contributed by atoms with E-state index in [0.29, 0.717) is 23.0 Å². The molecule has 0 spiro atoms. The van der Waals surface area contributed by atoms with Crippen LogP contribution in [-0.4, -0.2) is 26.8 Å². The second-order valence-corrected chi connectivity index (χ2v) is 10.9. The van der Waals surface area contributed by atoms with Crippen LogP contribution in [0.5, 0.6) is 0 Å². The molecule has 1 aliphatic carbocycles. The molecule has 2 atom stereocenters. The van der Waals surface area contributed by atoms with Crippen molar-refractivity contribution in [3.8, 4) is 0 Å². The van der Waals surface area contributed by atoms with E-state index in [1.165, 1.54) is 16.7 Å². The van der Waals surface area contributed by atoms with E-state index in [2.05, 4.69) is 22.9 Å². The standard InChI is InChI=1S/C23H30Cl2N2O2S.ClH/c1-2-12-30(28,29)27-11-3-4-16-5-7-18-8-10-23(26)20(19(18)13-16)14-17-6-9-21(24)22(25)15-17;/h5-7,9,13,15,20,23,27H,2-4,8,10-12,14,26H2,1H3;1H. The second-order valence-electron chi connectivity index (χ2n) is 8.11. The van der Waals surface area contributed by atoms with E-state index in [9.17, 15) is 8.42 Å². The molecule has 3 rings (SSSR count). The molecule has 0 aromatic heterocycles. The summed E-state index contributed by atoms with van der Waals surface area (Å²) >= 11 is 12.3. The summed E-state index contributed by atoms with van der Waals surface area (Å²) in [7, 11) is -3.14. The number of nitrogens with two attached hydrogens (primary N) is 1. The highest BCUT2D eigenvalue weighted by Crippen LogP contribution is 2.35. The van der Waals surface area contributed by atoms with Crippen LogP contribution in [0.25, 0.3) is 0 Å². The van der Waals surface area contributed by atoms with E-state index in [0.717, 1.165) is 37.7 Å². The number of aryl methyl sites for hydroxylation is 2. The fourth-order valence-electron chi connectivity index (χ4n) is 4.17. The van der Waals surface area contributed by atoms with E-state index in [-0.39, 0.29) is 30.1 Å². The molecule has 0 amide bonds. The average molecular weight is 506 g/mol. The Morgan fingerprint density at radius 2 is 1.84 bits per heavy atom. The molecule has 0 fully saturated rings. The van der Waals surface area contributed by atoms with Crippen LogP contribution in [-0.2, 0) is 29.3 Å². The molecule has 1 aliphatic rings. The number of rotatable bonds is 9. The first-order valence-corrected chi connectivity index (χ1v) is 13.0. The molecular formula is C23H31Cl3N2O2S. The molecular weight excluding hydrogens is 475 g/mol. The Hall–Kier alpha value is -0.820. The van der Waals surface area contributed by atoms with Gasteiger partial charge in [0.25, 0.3) is 0 Å². The maximum Gasteiger partial charge on any atom is 0.211 e. The van der Waals surface area contributed by atoms with Gasteiger partial charge in [-0.25, -0.2) is 13.1 Å². The van der Waals surface area contributed by atoms with Crippen LogP contribution in [0.2, 0.25) is 10.0 Å². The van der Waals surface area contributed by atoms with E-state index in [4.69, 9.17) is 28.9 Å². The van der Waals surface area contributed by atoms with Gasteiger partial charge in [-0.2, -0.15) is 0 Å². The SMILES string of the molecule is CCCS(=O)(=O)NCCCc1ccc2c(c1)C(Cc1ccc(Cl)c(Cl)c1)C(N)CC2.Cl. The summed E-state index contributed by atoms with van der Waals surface area (Å²) in [6.45, 7) is 2.33. The Kier molecular flexibility index (Phi) is 10.1. The van der Waals surface area contributed by atoms with Crippen molar-refractivity contribution in [3.05, 3.63) is 68.7 Å². The lowest BCUT2D eigenvalue weighted by atomic mass is 9.76. The fourth-order valence-corrected chi connectivity index (χ4v) is 5.63. The predicted molar refractivity (Wildman–Crippen MR) is 133 cm³/mol. The van der Waals surface area contributed by atoms with Crippen LogP contribution >= 0.6 is 35.6 Å². The molecule has 8 heteroatoms. The third-order valence-corrected chi connectivity index (χ3v) is 8.08. The number of hydrogen-bond donors (Lipinski definition) is 2. The summed E-state index contributed by atoms with van der Waals surface area (Å²) in [6, 6.07) is 12.5. The zero-order valence-electron chi connectivity index (χ0n) is 17.7. The van der Waals surface area contributed by atoms with Gasteiger partial charge < -0.3 is 5.73 Å². The quantitative estimate of drug-likeness (QED) is 0.456. The summed E-state index contributed by atoms with van der Waals surface area (Å²) in [5.74, 6) is 0.411. The topological polar surface area (TPSA) is 72.2 Å². The Labute approximate surface area is 202 Å². The van der Waals surface area contributed by atoms with Crippen molar-refractivity contribution in [1.29, 1.82) is 0 Å². The molecule has 3 N–H and O–H groups in total. The second kappa shape index (κ2) is 11.9. The molecule has 2 aromatic carbocycles. The summed E-state index contributed by atoms with van der Waals surface area (Å²) in [6.07, 6.45) is 5.01.